The Morgan fingerprint density at radius 1 is 1.19 bits per heavy atom. The van der Waals surface area contributed by atoms with E-state index < -0.39 is 0 Å². The van der Waals surface area contributed by atoms with Gasteiger partial charge in [0.25, 0.3) is 0 Å². The number of anilines is 1. The molecule has 0 saturated carbocycles. The van der Waals surface area contributed by atoms with Gasteiger partial charge in [-0.2, -0.15) is 5.10 Å². The van der Waals surface area contributed by atoms with Gasteiger partial charge in [-0.1, -0.05) is 11.6 Å². The number of pyridine rings is 1. The molecule has 0 aromatic carbocycles. The van der Waals surface area contributed by atoms with E-state index in [1.807, 2.05) is 16.9 Å². The molecule has 2 saturated heterocycles. The second-order valence-electron chi connectivity index (χ2n) is 5.81. The molecule has 0 spiro atoms. The number of ether oxygens (including phenoxy) is 1. The van der Waals surface area contributed by atoms with E-state index in [1.54, 1.807) is 0 Å². The standard InChI is InChI=1S/C15H19ClN4O/c16-13-9-12-11(10-17-13)15(19-6-2-3-7-19)18-20(12)14-5-1-4-8-21-14/h9-10,14H,1-8H2. The van der Waals surface area contributed by atoms with E-state index in [-0.39, 0.29) is 6.23 Å². The highest BCUT2D eigenvalue weighted by Gasteiger charge is 2.25. The largest absolute Gasteiger partial charge is 0.356 e. The number of halogens is 1. The van der Waals surface area contributed by atoms with E-state index in [9.17, 15) is 0 Å². The first-order valence-electron chi connectivity index (χ1n) is 7.73. The van der Waals surface area contributed by atoms with Crippen LogP contribution in [0.1, 0.15) is 38.3 Å². The summed E-state index contributed by atoms with van der Waals surface area (Å²) < 4.78 is 7.92. The summed E-state index contributed by atoms with van der Waals surface area (Å²) in [6, 6.07) is 1.90. The first kappa shape index (κ1) is 13.3. The van der Waals surface area contributed by atoms with Crippen molar-refractivity contribution in [1.29, 1.82) is 0 Å². The number of hydrogen-bond acceptors (Lipinski definition) is 4. The Labute approximate surface area is 128 Å². The number of hydrogen-bond donors (Lipinski definition) is 0. The van der Waals surface area contributed by atoms with Crippen molar-refractivity contribution in [2.45, 2.75) is 38.3 Å². The third kappa shape index (κ3) is 2.38. The van der Waals surface area contributed by atoms with E-state index in [0.29, 0.717) is 5.15 Å². The van der Waals surface area contributed by atoms with Crippen molar-refractivity contribution in [2.24, 2.45) is 0 Å². The molecule has 1 atom stereocenters. The zero-order valence-electron chi connectivity index (χ0n) is 12.0. The Kier molecular flexibility index (Phi) is 3.47. The molecule has 1 unspecified atom stereocenters. The zero-order valence-corrected chi connectivity index (χ0v) is 12.7. The predicted molar refractivity (Wildman–Crippen MR) is 82.8 cm³/mol. The molecular weight excluding hydrogens is 288 g/mol. The maximum absolute atomic E-state index is 6.09. The number of rotatable bonds is 2. The topological polar surface area (TPSA) is 43.2 Å². The van der Waals surface area contributed by atoms with E-state index in [2.05, 4.69) is 9.88 Å². The molecule has 0 aliphatic carbocycles. The lowest BCUT2D eigenvalue weighted by molar-refractivity contribution is -0.0365. The summed E-state index contributed by atoms with van der Waals surface area (Å²) in [6.45, 7) is 2.95. The Morgan fingerprint density at radius 3 is 2.81 bits per heavy atom. The van der Waals surface area contributed by atoms with Crippen molar-refractivity contribution in [3.63, 3.8) is 0 Å². The molecule has 2 aliphatic rings. The maximum Gasteiger partial charge on any atom is 0.160 e. The Balaban J connectivity index is 1.82. The molecule has 0 N–H and O–H groups in total. The Hall–Kier alpha value is -1.33. The highest BCUT2D eigenvalue weighted by atomic mass is 35.5. The average Bonchev–Trinajstić information content (AvgIpc) is 3.14. The van der Waals surface area contributed by atoms with E-state index in [0.717, 1.165) is 49.3 Å². The van der Waals surface area contributed by atoms with Gasteiger partial charge in [0, 0.05) is 32.0 Å². The van der Waals surface area contributed by atoms with Gasteiger partial charge in [0.1, 0.15) is 5.15 Å². The minimum atomic E-state index is 0.0241. The maximum atomic E-state index is 6.09. The third-order valence-corrected chi connectivity index (χ3v) is 4.58. The van der Waals surface area contributed by atoms with Gasteiger partial charge in [0.05, 0.1) is 10.9 Å². The van der Waals surface area contributed by atoms with Crippen molar-refractivity contribution in [3.05, 3.63) is 17.4 Å². The van der Waals surface area contributed by atoms with E-state index in [1.165, 1.54) is 19.3 Å². The molecule has 4 heterocycles. The van der Waals surface area contributed by atoms with Crippen LogP contribution in [0.25, 0.3) is 10.9 Å². The molecule has 112 valence electrons. The van der Waals surface area contributed by atoms with Gasteiger partial charge >= 0.3 is 0 Å². The molecule has 0 bridgehead atoms. The molecule has 2 aliphatic heterocycles. The zero-order chi connectivity index (χ0) is 14.2. The summed E-state index contributed by atoms with van der Waals surface area (Å²) in [7, 11) is 0. The van der Waals surface area contributed by atoms with Gasteiger partial charge in [0.2, 0.25) is 0 Å². The molecule has 2 aromatic rings. The molecule has 2 fully saturated rings. The second kappa shape index (κ2) is 5.46. The minimum absolute atomic E-state index is 0.0241. The van der Waals surface area contributed by atoms with Crippen LogP contribution in [0.5, 0.6) is 0 Å². The smallest absolute Gasteiger partial charge is 0.160 e. The fraction of sp³-hybridized carbons (Fsp3) is 0.600. The summed E-state index contributed by atoms with van der Waals surface area (Å²) in [4.78, 5) is 6.59. The number of aromatic nitrogens is 3. The lowest BCUT2D eigenvalue weighted by atomic mass is 10.2. The van der Waals surface area contributed by atoms with E-state index in [4.69, 9.17) is 21.4 Å². The average molecular weight is 307 g/mol. The fourth-order valence-electron chi connectivity index (χ4n) is 3.29. The highest BCUT2D eigenvalue weighted by molar-refractivity contribution is 6.30. The summed E-state index contributed by atoms with van der Waals surface area (Å²) in [6.07, 6.45) is 7.66. The quantitative estimate of drug-likeness (QED) is 0.798. The van der Waals surface area contributed by atoms with Crippen molar-refractivity contribution in [1.82, 2.24) is 14.8 Å². The predicted octanol–water partition coefficient (Wildman–Crippen LogP) is 3.38. The fourth-order valence-corrected chi connectivity index (χ4v) is 3.44. The summed E-state index contributed by atoms with van der Waals surface area (Å²) >= 11 is 6.09. The van der Waals surface area contributed by atoms with Gasteiger partial charge in [-0.25, -0.2) is 9.67 Å². The van der Waals surface area contributed by atoms with Crippen LogP contribution in [0.2, 0.25) is 5.15 Å². The van der Waals surface area contributed by atoms with Crippen LogP contribution in [0.3, 0.4) is 0 Å². The van der Waals surface area contributed by atoms with Gasteiger partial charge in [-0.05, 0) is 32.1 Å². The van der Waals surface area contributed by atoms with Crippen LogP contribution in [0.15, 0.2) is 12.3 Å². The molecule has 6 heteroatoms. The SMILES string of the molecule is Clc1cc2c(cn1)c(N1CCCC1)nn2C1CCCCO1. The Morgan fingerprint density at radius 2 is 2.05 bits per heavy atom. The normalized spacial score (nSPS) is 23.1. The van der Waals surface area contributed by atoms with Gasteiger partial charge < -0.3 is 9.64 Å². The van der Waals surface area contributed by atoms with Crippen LogP contribution in [0.4, 0.5) is 5.82 Å². The lowest BCUT2D eigenvalue weighted by Gasteiger charge is -2.23. The first-order chi connectivity index (χ1) is 10.3. The van der Waals surface area contributed by atoms with Gasteiger partial charge in [-0.3, -0.25) is 0 Å². The minimum Gasteiger partial charge on any atom is -0.356 e. The molecule has 5 nitrogen and oxygen atoms in total. The van der Waals surface area contributed by atoms with Crippen molar-refractivity contribution in [3.8, 4) is 0 Å². The molecule has 0 amide bonds. The molecule has 0 radical (unpaired) electrons. The van der Waals surface area contributed by atoms with Crippen molar-refractivity contribution < 1.29 is 4.74 Å². The lowest BCUT2D eigenvalue weighted by Crippen LogP contribution is -2.21. The highest BCUT2D eigenvalue weighted by Crippen LogP contribution is 2.33. The molecular formula is C15H19ClN4O. The van der Waals surface area contributed by atoms with E-state index >= 15 is 0 Å². The molecule has 4 rings (SSSR count). The van der Waals surface area contributed by atoms with Crippen LogP contribution in [0, 0.1) is 0 Å². The Bertz CT molecular complexity index is 644. The van der Waals surface area contributed by atoms with Crippen LogP contribution < -0.4 is 4.90 Å². The first-order valence-corrected chi connectivity index (χ1v) is 8.11. The van der Waals surface area contributed by atoms with Crippen molar-refractivity contribution in [2.75, 3.05) is 24.6 Å². The summed E-state index contributed by atoms with van der Waals surface area (Å²) in [5, 5.41) is 6.44. The molecule has 21 heavy (non-hydrogen) atoms. The third-order valence-electron chi connectivity index (χ3n) is 4.37. The summed E-state index contributed by atoms with van der Waals surface area (Å²) in [5.41, 5.74) is 1.03. The monoisotopic (exact) mass is 306 g/mol. The van der Waals surface area contributed by atoms with Crippen LogP contribution in [-0.4, -0.2) is 34.5 Å². The van der Waals surface area contributed by atoms with Gasteiger partial charge in [-0.15, -0.1) is 0 Å². The molecule has 2 aromatic heterocycles. The van der Waals surface area contributed by atoms with Gasteiger partial charge in [0.15, 0.2) is 12.0 Å². The second-order valence-corrected chi connectivity index (χ2v) is 6.19. The van der Waals surface area contributed by atoms with Crippen LogP contribution in [-0.2, 0) is 4.74 Å². The number of nitrogens with zero attached hydrogens (tertiary/aromatic N) is 4. The number of fused-ring (bicyclic) bond motifs is 1. The van der Waals surface area contributed by atoms with Crippen LogP contribution >= 0.6 is 11.6 Å². The summed E-state index contributed by atoms with van der Waals surface area (Å²) in [5.74, 6) is 1.03. The van der Waals surface area contributed by atoms with Crippen molar-refractivity contribution >= 4 is 28.3 Å².